The number of aromatic nitrogens is 1. The van der Waals surface area contributed by atoms with E-state index in [4.69, 9.17) is 9.15 Å². The van der Waals surface area contributed by atoms with Crippen LogP contribution in [0.25, 0.3) is 11.3 Å². The van der Waals surface area contributed by atoms with Gasteiger partial charge in [-0.1, -0.05) is 30.3 Å². The fourth-order valence-electron chi connectivity index (χ4n) is 2.51. The third-order valence-electron chi connectivity index (χ3n) is 3.71. The highest BCUT2D eigenvalue weighted by Crippen LogP contribution is 2.23. The summed E-state index contributed by atoms with van der Waals surface area (Å²) < 4.78 is 23.8. The highest BCUT2D eigenvalue weighted by molar-refractivity contribution is 5.77. The number of carbonyl (C=O) groups excluding carboxylic acids is 1. The maximum atomic E-state index is 12.8. The molecule has 0 aliphatic heterocycles. The highest BCUT2D eigenvalue weighted by atomic mass is 19.1. The van der Waals surface area contributed by atoms with Crippen LogP contribution < -0.4 is 10.1 Å². The fourth-order valence-corrected chi connectivity index (χ4v) is 2.51. The Morgan fingerprint density at radius 3 is 2.62 bits per heavy atom. The van der Waals surface area contributed by atoms with Gasteiger partial charge in [0.2, 0.25) is 0 Å². The Balaban J connectivity index is 1.50. The Morgan fingerprint density at radius 2 is 1.88 bits per heavy atom. The largest absolute Gasteiger partial charge is 0.484 e. The number of benzene rings is 2. The molecule has 26 heavy (non-hydrogen) atoms. The zero-order chi connectivity index (χ0) is 18.4. The van der Waals surface area contributed by atoms with Crippen LogP contribution in [0.15, 0.2) is 59.0 Å². The van der Waals surface area contributed by atoms with E-state index < -0.39 is 0 Å². The summed E-state index contributed by atoms with van der Waals surface area (Å²) in [4.78, 5) is 16.3. The van der Waals surface area contributed by atoms with Crippen molar-refractivity contribution in [3.8, 4) is 17.0 Å². The number of amides is 1. The Hall–Kier alpha value is -3.15. The van der Waals surface area contributed by atoms with Crippen LogP contribution in [-0.4, -0.2) is 24.0 Å². The van der Waals surface area contributed by atoms with E-state index in [1.54, 1.807) is 6.92 Å². The molecule has 1 N–H and O–H groups in total. The van der Waals surface area contributed by atoms with Gasteiger partial charge < -0.3 is 14.5 Å². The van der Waals surface area contributed by atoms with Crippen molar-refractivity contribution in [3.05, 3.63) is 72.1 Å². The smallest absolute Gasteiger partial charge is 0.257 e. The summed E-state index contributed by atoms with van der Waals surface area (Å²) in [6.07, 6.45) is 0.521. The predicted molar refractivity (Wildman–Crippen MR) is 95.3 cm³/mol. The standard InChI is InChI=1S/C20H19FN2O3/c1-14-23-20(15-5-3-2-4-6-15)18(26-14)11-12-22-19(24)13-25-17-9-7-16(21)8-10-17/h2-10H,11-13H2,1H3,(H,22,24). The summed E-state index contributed by atoms with van der Waals surface area (Å²) in [6, 6.07) is 15.3. The molecule has 0 bridgehead atoms. The van der Waals surface area contributed by atoms with Gasteiger partial charge in [-0.2, -0.15) is 0 Å². The van der Waals surface area contributed by atoms with Crippen LogP contribution in [0.2, 0.25) is 0 Å². The number of rotatable bonds is 7. The van der Waals surface area contributed by atoms with Crippen molar-refractivity contribution in [1.29, 1.82) is 0 Å². The SMILES string of the molecule is Cc1nc(-c2ccccc2)c(CCNC(=O)COc2ccc(F)cc2)o1. The molecular weight excluding hydrogens is 335 g/mol. The zero-order valence-electron chi connectivity index (χ0n) is 14.4. The molecule has 5 nitrogen and oxygen atoms in total. The summed E-state index contributed by atoms with van der Waals surface area (Å²) in [5, 5.41) is 2.77. The Morgan fingerprint density at radius 1 is 1.15 bits per heavy atom. The van der Waals surface area contributed by atoms with Crippen LogP contribution in [0.5, 0.6) is 5.75 Å². The average Bonchev–Trinajstić information content (AvgIpc) is 3.02. The number of hydrogen-bond donors (Lipinski definition) is 1. The third kappa shape index (κ3) is 4.69. The fraction of sp³-hybridized carbons (Fsp3) is 0.200. The lowest BCUT2D eigenvalue weighted by Crippen LogP contribution is -2.30. The third-order valence-corrected chi connectivity index (χ3v) is 3.71. The van der Waals surface area contributed by atoms with Gasteiger partial charge >= 0.3 is 0 Å². The number of aryl methyl sites for hydroxylation is 1. The second-order valence-electron chi connectivity index (χ2n) is 5.71. The first-order valence-corrected chi connectivity index (χ1v) is 8.28. The summed E-state index contributed by atoms with van der Waals surface area (Å²) in [5.41, 5.74) is 1.77. The first-order chi connectivity index (χ1) is 12.6. The quantitative estimate of drug-likeness (QED) is 0.705. The molecule has 1 aromatic heterocycles. The Bertz CT molecular complexity index is 861. The van der Waals surface area contributed by atoms with Crippen molar-refractivity contribution in [3.63, 3.8) is 0 Å². The summed E-state index contributed by atoms with van der Waals surface area (Å²) in [7, 11) is 0. The van der Waals surface area contributed by atoms with Crippen molar-refractivity contribution in [2.45, 2.75) is 13.3 Å². The monoisotopic (exact) mass is 354 g/mol. The Kier molecular flexibility index (Phi) is 5.63. The maximum Gasteiger partial charge on any atom is 0.257 e. The van der Waals surface area contributed by atoms with Crippen molar-refractivity contribution >= 4 is 5.91 Å². The molecular formula is C20H19FN2O3. The molecule has 0 radical (unpaired) electrons. The van der Waals surface area contributed by atoms with Crippen LogP contribution in [0.1, 0.15) is 11.7 Å². The molecule has 0 atom stereocenters. The molecule has 2 aromatic carbocycles. The molecule has 1 heterocycles. The molecule has 6 heteroatoms. The van der Waals surface area contributed by atoms with E-state index >= 15 is 0 Å². The Labute approximate surface area is 150 Å². The summed E-state index contributed by atoms with van der Waals surface area (Å²) in [6.45, 7) is 2.07. The molecule has 0 fully saturated rings. The highest BCUT2D eigenvalue weighted by Gasteiger charge is 2.13. The van der Waals surface area contributed by atoms with Crippen LogP contribution in [-0.2, 0) is 11.2 Å². The van der Waals surface area contributed by atoms with Crippen molar-refractivity contribution in [2.24, 2.45) is 0 Å². The number of nitrogens with one attached hydrogen (secondary N) is 1. The molecule has 1 amide bonds. The number of halogens is 1. The van der Waals surface area contributed by atoms with Gasteiger partial charge in [0.15, 0.2) is 12.5 Å². The van der Waals surface area contributed by atoms with Crippen LogP contribution in [0.3, 0.4) is 0 Å². The molecule has 0 saturated heterocycles. The normalized spacial score (nSPS) is 10.5. The van der Waals surface area contributed by atoms with Crippen molar-refractivity contribution in [1.82, 2.24) is 10.3 Å². The summed E-state index contributed by atoms with van der Waals surface area (Å²) in [5.74, 6) is 1.15. The van der Waals surface area contributed by atoms with Gasteiger partial charge in [0.05, 0.1) is 0 Å². The van der Waals surface area contributed by atoms with E-state index in [0.29, 0.717) is 24.6 Å². The lowest BCUT2D eigenvalue weighted by Gasteiger charge is -2.07. The van der Waals surface area contributed by atoms with E-state index in [2.05, 4.69) is 10.3 Å². The zero-order valence-corrected chi connectivity index (χ0v) is 14.4. The minimum Gasteiger partial charge on any atom is -0.484 e. The molecule has 3 aromatic rings. The second kappa shape index (κ2) is 8.29. The molecule has 0 aliphatic carbocycles. The molecule has 0 aliphatic rings. The first-order valence-electron chi connectivity index (χ1n) is 8.28. The number of hydrogen-bond acceptors (Lipinski definition) is 4. The van der Waals surface area contributed by atoms with Gasteiger partial charge in [-0.15, -0.1) is 0 Å². The number of carbonyl (C=O) groups is 1. The van der Waals surface area contributed by atoms with Gasteiger partial charge in [-0.25, -0.2) is 9.37 Å². The van der Waals surface area contributed by atoms with Gasteiger partial charge in [0, 0.05) is 25.5 Å². The van der Waals surface area contributed by atoms with E-state index in [0.717, 1.165) is 17.0 Å². The molecule has 0 unspecified atom stereocenters. The number of nitrogens with zero attached hydrogens (tertiary/aromatic N) is 1. The number of ether oxygens (including phenoxy) is 1. The van der Waals surface area contributed by atoms with E-state index in [9.17, 15) is 9.18 Å². The van der Waals surface area contributed by atoms with Crippen molar-refractivity contribution < 1.29 is 18.3 Å². The van der Waals surface area contributed by atoms with Gasteiger partial charge in [0.25, 0.3) is 5.91 Å². The predicted octanol–water partition coefficient (Wildman–Crippen LogP) is 3.53. The minimum atomic E-state index is -0.349. The van der Waals surface area contributed by atoms with E-state index in [1.807, 2.05) is 30.3 Å². The molecule has 134 valence electrons. The average molecular weight is 354 g/mol. The molecule has 0 saturated carbocycles. The maximum absolute atomic E-state index is 12.8. The summed E-state index contributed by atoms with van der Waals surface area (Å²) >= 11 is 0. The van der Waals surface area contributed by atoms with Crippen molar-refractivity contribution in [2.75, 3.05) is 13.2 Å². The van der Waals surface area contributed by atoms with Crippen LogP contribution in [0, 0.1) is 12.7 Å². The second-order valence-corrected chi connectivity index (χ2v) is 5.71. The van der Waals surface area contributed by atoms with Crippen LogP contribution >= 0.6 is 0 Å². The molecule has 3 rings (SSSR count). The lowest BCUT2D eigenvalue weighted by molar-refractivity contribution is -0.123. The van der Waals surface area contributed by atoms with E-state index in [-0.39, 0.29) is 18.3 Å². The first kappa shape index (κ1) is 17.7. The van der Waals surface area contributed by atoms with E-state index in [1.165, 1.54) is 24.3 Å². The lowest BCUT2D eigenvalue weighted by atomic mass is 10.1. The van der Waals surface area contributed by atoms with Gasteiger partial charge in [0.1, 0.15) is 23.0 Å². The van der Waals surface area contributed by atoms with Gasteiger partial charge in [-0.05, 0) is 24.3 Å². The van der Waals surface area contributed by atoms with Gasteiger partial charge in [-0.3, -0.25) is 4.79 Å². The minimum absolute atomic E-state index is 0.132. The number of oxazole rings is 1. The molecule has 0 spiro atoms. The van der Waals surface area contributed by atoms with Crippen LogP contribution in [0.4, 0.5) is 4.39 Å². The topological polar surface area (TPSA) is 64.4 Å².